The zero-order chi connectivity index (χ0) is 13.9. The summed E-state index contributed by atoms with van der Waals surface area (Å²) in [4.78, 5) is 11.6. The Balaban J connectivity index is 1.76. The van der Waals surface area contributed by atoms with E-state index in [4.69, 9.17) is 0 Å². The van der Waals surface area contributed by atoms with Crippen LogP contribution in [0.4, 0.5) is 0 Å². The third kappa shape index (κ3) is 1.57. The minimum absolute atomic E-state index is 0.102. The number of hydrogen-bond donors (Lipinski definition) is 1. The van der Waals surface area contributed by atoms with Gasteiger partial charge in [0.1, 0.15) is 0 Å². The molecule has 4 rings (SSSR count). The number of allylic oxidation sites excluding steroid dienone is 6. The van der Waals surface area contributed by atoms with Crippen molar-refractivity contribution in [1.82, 2.24) is 0 Å². The fourth-order valence-electron chi connectivity index (χ4n) is 5.03. The molecule has 2 nitrogen and oxygen atoms in total. The molecule has 0 saturated heterocycles. The van der Waals surface area contributed by atoms with Crippen molar-refractivity contribution in [2.45, 2.75) is 51.6 Å². The van der Waals surface area contributed by atoms with E-state index in [0.717, 1.165) is 37.7 Å². The second-order valence-corrected chi connectivity index (χ2v) is 7.16. The van der Waals surface area contributed by atoms with E-state index in [1.54, 1.807) is 5.57 Å². The van der Waals surface area contributed by atoms with Gasteiger partial charge in [-0.15, -0.1) is 0 Å². The van der Waals surface area contributed by atoms with Crippen molar-refractivity contribution in [1.29, 1.82) is 0 Å². The van der Waals surface area contributed by atoms with E-state index >= 15 is 0 Å². The van der Waals surface area contributed by atoms with Gasteiger partial charge in [0, 0.05) is 12.3 Å². The Hall–Kier alpha value is -1.15. The van der Waals surface area contributed by atoms with Crippen molar-refractivity contribution in [3.63, 3.8) is 0 Å². The van der Waals surface area contributed by atoms with E-state index in [9.17, 15) is 9.90 Å². The van der Waals surface area contributed by atoms with Gasteiger partial charge in [-0.3, -0.25) is 4.79 Å². The molecule has 0 bridgehead atoms. The molecule has 20 heavy (non-hydrogen) atoms. The first-order valence-corrected chi connectivity index (χ1v) is 7.93. The number of aliphatic hydroxyl groups excluding tert-OH is 1. The lowest BCUT2D eigenvalue weighted by molar-refractivity contribution is -0.114. The summed E-state index contributed by atoms with van der Waals surface area (Å²) in [6.45, 7) is 2.28. The van der Waals surface area contributed by atoms with Crippen LogP contribution in [0.25, 0.3) is 0 Å². The molecule has 4 aliphatic carbocycles. The standard InChI is InChI=1S/C18H22O2/c1-18-9-8-14-13-5-3-12(19)10-11(13)2-4-15(14)16(18)6-7-17(18)20/h2,4,10,15-17,20H,3,5-9H2,1H3/t15-,16+,17+,18+/m1/s1. The topological polar surface area (TPSA) is 37.3 Å². The van der Waals surface area contributed by atoms with E-state index in [1.165, 1.54) is 5.57 Å². The summed E-state index contributed by atoms with van der Waals surface area (Å²) in [6, 6.07) is 0. The van der Waals surface area contributed by atoms with Gasteiger partial charge in [0.2, 0.25) is 0 Å². The van der Waals surface area contributed by atoms with Crippen LogP contribution in [0.1, 0.15) is 45.4 Å². The quantitative estimate of drug-likeness (QED) is 0.733. The zero-order valence-corrected chi connectivity index (χ0v) is 12.1. The highest BCUT2D eigenvalue weighted by molar-refractivity contribution is 5.93. The summed E-state index contributed by atoms with van der Waals surface area (Å²) < 4.78 is 0. The van der Waals surface area contributed by atoms with Crippen LogP contribution in [0.5, 0.6) is 0 Å². The number of fused-ring (bicyclic) bond motifs is 4. The first-order valence-electron chi connectivity index (χ1n) is 7.93. The van der Waals surface area contributed by atoms with Crippen LogP contribution >= 0.6 is 0 Å². The summed E-state index contributed by atoms with van der Waals surface area (Å²) in [6.07, 6.45) is 12.1. The summed E-state index contributed by atoms with van der Waals surface area (Å²) in [7, 11) is 0. The van der Waals surface area contributed by atoms with Crippen molar-refractivity contribution in [2.24, 2.45) is 17.3 Å². The fraction of sp³-hybridized carbons (Fsp3) is 0.611. The molecule has 0 aromatic rings. The Bertz CT molecular complexity index is 566. The molecule has 106 valence electrons. The van der Waals surface area contributed by atoms with Crippen LogP contribution in [0.3, 0.4) is 0 Å². The number of carbonyl (C=O) groups excluding carboxylic acids is 1. The number of rotatable bonds is 0. The second-order valence-electron chi connectivity index (χ2n) is 7.16. The molecule has 2 heteroatoms. The average Bonchev–Trinajstić information content (AvgIpc) is 2.74. The summed E-state index contributed by atoms with van der Waals surface area (Å²) in [5.74, 6) is 1.36. The summed E-state index contributed by atoms with van der Waals surface area (Å²) >= 11 is 0. The number of ketones is 1. The molecule has 4 atom stereocenters. The van der Waals surface area contributed by atoms with Crippen LogP contribution in [0, 0.1) is 17.3 Å². The van der Waals surface area contributed by atoms with Gasteiger partial charge >= 0.3 is 0 Å². The average molecular weight is 270 g/mol. The van der Waals surface area contributed by atoms with Crippen LogP contribution in [0.2, 0.25) is 0 Å². The highest BCUT2D eigenvalue weighted by Gasteiger charge is 2.52. The fourth-order valence-corrected chi connectivity index (χ4v) is 5.03. The predicted octanol–water partition coefficient (Wildman–Crippen LogP) is 3.33. The highest BCUT2D eigenvalue weighted by Crippen LogP contribution is 2.58. The highest BCUT2D eigenvalue weighted by atomic mass is 16.3. The number of aliphatic hydroxyl groups is 1. The van der Waals surface area contributed by atoms with Gasteiger partial charge in [-0.25, -0.2) is 0 Å². The Labute approximate surface area is 120 Å². The molecule has 0 aliphatic heterocycles. The number of hydrogen-bond acceptors (Lipinski definition) is 2. The van der Waals surface area contributed by atoms with E-state index < -0.39 is 0 Å². The third-order valence-corrected chi connectivity index (χ3v) is 6.29. The zero-order valence-electron chi connectivity index (χ0n) is 12.1. The maximum atomic E-state index is 11.6. The molecule has 0 aromatic heterocycles. The largest absolute Gasteiger partial charge is 0.393 e. The van der Waals surface area contributed by atoms with Gasteiger partial charge in [-0.1, -0.05) is 24.6 Å². The van der Waals surface area contributed by atoms with Crippen molar-refractivity contribution in [3.8, 4) is 0 Å². The van der Waals surface area contributed by atoms with Crippen LogP contribution in [0.15, 0.2) is 34.9 Å². The van der Waals surface area contributed by atoms with Crippen molar-refractivity contribution in [3.05, 3.63) is 34.9 Å². The first-order chi connectivity index (χ1) is 9.59. The monoisotopic (exact) mass is 270 g/mol. The summed E-state index contributed by atoms with van der Waals surface area (Å²) in [5, 5.41) is 10.3. The SMILES string of the molecule is C[C@]12CCC3=C4CCC(=O)C=C4C=C[C@H]3[C@@H]1CC[C@@H]2O. The normalized spacial score (nSPS) is 43.0. The molecule has 0 amide bonds. The van der Waals surface area contributed by atoms with Crippen LogP contribution in [-0.2, 0) is 4.79 Å². The van der Waals surface area contributed by atoms with Crippen LogP contribution < -0.4 is 0 Å². The van der Waals surface area contributed by atoms with E-state index in [1.807, 2.05) is 6.08 Å². The second kappa shape index (κ2) is 4.17. The summed E-state index contributed by atoms with van der Waals surface area (Å²) in [5.41, 5.74) is 4.28. The van der Waals surface area contributed by atoms with Crippen molar-refractivity contribution >= 4 is 5.78 Å². The Morgan fingerprint density at radius 1 is 1.25 bits per heavy atom. The molecule has 1 N–H and O–H groups in total. The predicted molar refractivity (Wildman–Crippen MR) is 78.1 cm³/mol. The Morgan fingerprint density at radius 3 is 2.95 bits per heavy atom. The molecule has 0 heterocycles. The van der Waals surface area contributed by atoms with Gasteiger partial charge in [-0.05, 0) is 60.7 Å². The molecule has 4 aliphatic rings. The molecular weight excluding hydrogens is 248 g/mol. The minimum Gasteiger partial charge on any atom is -0.393 e. The van der Waals surface area contributed by atoms with Crippen LogP contribution in [-0.4, -0.2) is 17.0 Å². The molecule has 0 spiro atoms. The number of carbonyl (C=O) groups is 1. The van der Waals surface area contributed by atoms with Gasteiger partial charge in [-0.2, -0.15) is 0 Å². The molecule has 0 aromatic carbocycles. The maximum Gasteiger partial charge on any atom is 0.156 e. The van der Waals surface area contributed by atoms with Crippen molar-refractivity contribution in [2.75, 3.05) is 0 Å². The van der Waals surface area contributed by atoms with E-state index in [-0.39, 0.29) is 17.3 Å². The first kappa shape index (κ1) is 12.6. The lowest BCUT2D eigenvalue weighted by atomic mass is 9.59. The molecule has 0 radical (unpaired) electrons. The molecule has 2 saturated carbocycles. The Morgan fingerprint density at radius 2 is 2.10 bits per heavy atom. The van der Waals surface area contributed by atoms with Gasteiger partial charge in [0.05, 0.1) is 6.10 Å². The lowest BCUT2D eigenvalue weighted by Crippen LogP contribution is -2.41. The molecular formula is C18H22O2. The lowest BCUT2D eigenvalue weighted by Gasteiger charge is -2.46. The van der Waals surface area contributed by atoms with E-state index in [0.29, 0.717) is 18.3 Å². The smallest absolute Gasteiger partial charge is 0.156 e. The van der Waals surface area contributed by atoms with Gasteiger partial charge < -0.3 is 5.11 Å². The van der Waals surface area contributed by atoms with E-state index in [2.05, 4.69) is 19.1 Å². The maximum absolute atomic E-state index is 11.6. The molecule has 2 fully saturated rings. The third-order valence-electron chi connectivity index (χ3n) is 6.29. The Kier molecular flexibility index (Phi) is 2.62. The van der Waals surface area contributed by atoms with Crippen molar-refractivity contribution < 1.29 is 9.90 Å². The van der Waals surface area contributed by atoms with Gasteiger partial charge in [0.25, 0.3) is 0 Å². The molecule has 0 unspecified atom stereocenters. The van der Waals surface area contributed by atoms with Gasteiger partial charge in [0.15, 0.2) is 5.78 Å². The minimum atomic E-state index is -0.127.